The van der Waals surface area contributed by atoms with Crippen LogP contribution in [0.15, 0.2) is 30.3 Å². The van der Waals surface area contributed by atoms with Crippen molar-refractivity contribution in [2.75, 3.05) is 0 Å². The fourth-order valence-corrected chi connectivity index (χ4v) is 2.60. The van der Waals surface area contributed by atoms with Crippen molar-refractivity contribution in [1.29, 1.82) is 0 Å². The molecule has 3 nitrogen and oxygen atoms in total. The van der Waals surface area contributed by atoms with Gasteiger partial charge in [-0.2, -0.15) is 5.10 Å². The highest BCUT2D eigenvalue weighted by atomic mass is 32.1. The quantitative estimate of drug-likeness (QED) is 0.677. The van der Waals surface area contributed by atoms with Crippen molar-refractivity contribution in [3.8, 4) is 10.6 Å². The summed E-state index contributed by atoms with van der Waals surface area (Å²) in [5.41, 5.74) is 3.11. The summed E-state index contributed by atoms with van der Waals surface area (Å²) < 4.78 is 0.696. The average Bonchev–Trinajstić information content (AvgIpc) is 2.75. The molecule has 3 aromatic rings. The van der Waals surface area contributed by atoms with Crippen LogP contribution in [0.2, 0.25) is 0 Å². The van der Waals surface area contributed by atoms with Crippen LogP contribution in [0.4, 0.5) is 0 Å². The lowest BCUT2D eigenvalue weighted by Crippen LogP contribution is -1.84. The number of H-pyrrole nitrogens is 1. The molecule has 2 heterocycles. The molecular formula is C12H9N3S2. The molecule has 0 atom stereocenters. The van der Waals surface area contributed by atoms with Crippen molar-refractivity contribution in [3.63, 3.8) is 0 Å². The van der Waals surface area contributed by atoms with Crippen LogP contribution in [0.25, 0.3) is 21.5 Å². The van der Waals surface area contributed by atoms with E-state index in [4.69, 9.17) is 12.2 Å². The van der Waals surface area contributed by atoms with Crippen molar-refractivity contribution in [2.45, 2.75) is 6.92 Å². The van der Waals surface area contributed by atoms with Gasteiger partial charge in [-0.25, -0.2) is 0 Å². The summed E-state index contributed by atoms with van der Waals surface area (Å²) in [6.45, 7) is 1.99. The van der Waals surface area contributed by atoms with Crippen molar-refractivity contribution in [3.05, 3.63) is 40.0 Å². The van der Waals surface area contributed by atoms with Gasteiger partial charge in [0.15, 0.2) is 3.95 Å². The molecule has 0 radical (unpaired) electrons. The number of fused-ring (bicyclic) bond motifs is 1. The average molecular weight is 259 g/mol. The van der Waals surface area contributed by atoms with E-state index in [-0.39, 0.29) is 0 Å². The lowest BCUT2D eigenvalue weighted by molar-refractivity contribution is 1.08. The third kappa shape index (κ3) is 1.99. The van der Waals surface area contributed by atoms with Crippen LogP contribution in [0.1, 0.15) is 5.69 Å². The standard InChI is InChI=1S/C12H9N3S2/c1-7-2-3-8-6-9(4-5-10(8)13-7)11-14-15-12(16)17-11/h2-6H,1H3,(H,15,16). The highest BCUT2D eigenvalue weighted by molar-refractivity contribution is 7.73. The smallest absolute Gasteiger partial charge is 0.176 e. The van der Waals surface area contributed by atoms with E-state index >= 15 is 0 Å². The SMILES string of the molecule is Cc1ccc2cc(-c3n[nH]c(=S)s3)ccc2n1. The van der Waals surface area contributed by atoms with Gasteiger partial charge in [-0.3, -0.25) is 10.1 Å². The molecule has 3 rings (SSSR count). The van der Waals surface area contributed by atoms with E-state index in [1.807, 2.05) is 25.1 Å². The predicted octanol–water partition coefficient (Wildman–Crippen LogP) is 3.72. The molecule has 0 aliphatic rings. The van der Waals surface area contributed by atoms with E-state index < -0.39 is 0 Å². The number of benzene rings is 1. The molecule has 5 heteroatoms. The molecule has 0 saturated heterocycles. The van der Waals surface area contributed by atoms with Crippen molar-refractivity contribution in [1.82, 2.24) is 15.2 Å². The number of rotatable bonds is 1. The van der Waals surface area contributed by atoms with Gasteiger partial charge in [0.05, 0.1) is 5.52 Å². The molecular weight excluding hydrogens is 250 g/mol. The Bertz CT molecular complexity index is 743. The second-order valence-corrected chi connectivity index (χ2v) is 5.44. The number of nitrogens with one attached hydrogen (secondary N) is 1. The number of hydrogen-bond acceptors (Lipinski definition) is 4. The normalized spacial score (nSPS) is 10.9. The van der Waals surface area contributed by atoms with E-state index in [2.05, 4.69) is 27.3 Å². The van der Waals surface area contributed by atoms with Gasteiger partial charge >= 0.3 is 0 Å². The van der Waals surface area contributed by atoms with E-state index in [0.717, 1.165) is 27.2 Å². The van der Waals surface area contributed by atoms with Crippen LogP contribution in [-0.4, -0.2) is 15.2 Å². The summed E-state index contributed by atoms with van der Waals surface area (Å²) in [5, 5.41) is 9.01. The third-order valence-corrected chi connectivity index (χ3v) is 3.65. The van der Waals surface area contributed by atoms with Crippen molar-refractivity contribution in [2.24, 2.45) is 0 Å². The van der Waals surface area contributed by atoms with Crippen LogP contribution < -0.4 is 0 Å². The van der Waals surface area contributed by atoms with Crippen LogP contribution in [0.5, 0.6) is 0 Å². The Kier molecular flexibility index (Phi) is 2.49. The van der Waals surface area contributed by atoms with Crippen LogP contribution >= 0.6 is 23.6 Å². The van der Waals surface area contributed by atoms with Crippen LogP contribution in [0, 0.1) is 10.9 Å². The monoisotopic (exact) mass is 259 g/mol. The molecule has 0 fully saturated rings. The zero-order valence-corrected chi connectivity index (χ0v) is 10.7. The molecule has 0 aliphatic heterocycles. The maximum absolute atomic E-state index is 5.03. The highest BCUT2D eigenvalue weighted by Gasteiger charge is 2.03. The third-order valence-electron chi connectivity index (χ3n) is 2.51. The Balaban J connectivity index is 2.20. The second kappa shape index (κ2) is 4.01. The molecule has 0 spiro atoms. The molecule has 84 valence electrons. The fraction of sp³-hybridized carbons (Fsp3) is 0.0833. The summed E-state index contributed by atoms with van der Waals surface area (Å²) in [5.74, 6) is 0. The number of aromatic nitrogens is 3. The Hall–Kier alpha value is -1.59. The Labute approximate surface area is 107 Å². The van der Waals surface area contributed by atoms with Crippen molar-refractivity contribution < 1.29 is 0 Å². The van der Waals surface area contributed by atoms with Gasteiger partial charge in [0, 0.05) is 16.6 Å². The summed E-state index contributed by atoms with van der Waals surface area (Å²) in [7, 11) is 0. The van der Waals surface area contributed by atoms with Gasteiger partial charge in [0.1, 0.15) is 5.01 Å². The van der Waals surface area contributed by atoms with Crippen molar-refractivity contribution >= 4 is 34.5 Å². The Morgan fingerprint density at radius 1 is 1.24 bits per heavy atom. The van der Waals surface area contributed by atoms with E-state index in [1.165, 1.54) is 11.3 Å². The summed E-state index contributed by atoms with van der Waals surface area (Å²) >= 11 is 6.51. The molecule has 17 heavy (non-hydrogen) atoms. The van der Waals surface area contributed by atoms with Gasteiger partial charge in [-0.1, -0.05) is 17.4 Å². The summed E-state index contributed by atoms with van der Waals surface area (Å²) in [6.07, 6.45) is 0. The maximum atomic E-state index is 5.03. The summed E-state index contributed by atoms with van der Waals surface area (Å²) in [4.78, 5) is 4.47. The topological polar surface area (TPSA) is 41.6 Å². The van der Waals surface area contributed by atoms with Gasteiger partial charge < -0.3 is 0 Å². The molecule has 0 saturated carbocycles. The molecule has 0 aliphatic carbocycles. The Morgan fingerprint density at radius 3 is 2.88 bits per heavy atom. The molecule has 0 unspecified atom stereocenters. The molecule has 0 bridgehead atoms. The number of pyridine rings is 1. The van der Waals surface area contributed by atoms with Gasteiger partial charge in [-0.15, -0.1) is 0 Å². The maximum Gasteiger partial charge on any atom is 0.176 e. The van der Waals surface area contributed by atoms with Gasteiger partial charge in [-0.05, 0) is 43.4 Å². The lowest BCUT2D eigenvalue weighted by atomic mass is 10.1. The first-order chi connectivity index (χ1) is 8.22. The number of hydrogen-bond donors (Lipinski definition) is 1. The van der Waals surface area contributed by atoms with Gasteiger partial charge in [0.2, 0.25) is 0 Å². The minimum Gasteiger partial charge on any atom is -0.258 e. The first kappa shape index (κ1) is 10.6. The number of aryl methyl sites for hydroxylation is 1. The Morgan fingerprint density at radius 2 is 2.12 bits per heavy atom. The number of nitrogens with zero attached hydrogens (tertiary/aromatic N) is 2. The summed E-state index contributed by atoms with van der Waals surface area (Å²) in [6, 6.07) is 10.2. The fourth-order valence-electron chi connectivity index (χ4n) is 1.71. The van der Waals surface area contributed by atoms with Crippen LogP contribution in [-0.2, 0) is 0 Å². The molecule has 0 amide bonds. The first-order valence-electron chi connectivity index (χ1n) is 5.16. The second-order valence-electron chi connectivity index (χ2n) is 3.78. The van der Waals surface area contributed by atoms with E-state index in [0.29, 0.717) is 3.95 Å². The molecule has 1 N–H and O–H groups in total. The largest absolute Gasteiger partial charge is 0.258 e. The van der Waals surface area contributed by atoms with Gasteiger partial charge in [0.25, 0.3) is 0 Å². The minimum absolute atomic E-state index is 0.696. The molecule has 2 aromatic heterocycles. The number of aromatic amines is 1. The first-order valence-corrected chi connectivity index (χ1v) is 6.38. The zero-order valence-electron chi connectivity index (χ0n) is 9.10. The zero-order chi connectivity index (χ0) is 11.8. The van der Waals surface area contributed by atoms with E-state index in [9.17, 15) is 0 Å². The minimum atomic E-state index is 0.696. The predicted molar refractivity (Wildman–Crippen MR) is 72.8 cm³/mol. The molecule has 1 aromatic carbocycles. The van der Waals surface area contributed by atoms with E-state index in [1.54, 1.807) is 0 Å². The van der Waals surface area contributed by atoms with Crippen LogP contribution in [0.3, 0.4) is 0 Å². The lowest BCUT2D eigenvalue weighted by Gasteiger charge is -2.00. The highest BCUT2D eigenvalue weighted by Crippen LogP contribution is 2.25.